The molecule has 24 heavy (non-hydrogen) atoms. The molecule has 1 aliphatic heterocycles. The Balaban J connectivity index is 1.83. The molecule has 0 unspecified atom stereocenters. The number of rotatable bonds is 4. The number of nitrogens with one attached hydrogen (secondary N) is 1. The van der Waals surface area contributed by atoms with Crippen LogP contribution in [0.1, 0.15) is 16.7 Å². The van der Waals surface area contributed by atoms with Crippen molar-refractivity contribution in [1.82, 2.24) is 4.98 Å². The maximum Gasteiger partial charge on any atom is 0.0726 e. The molecular formula is C20H20N2OS. The van der Waals surface area contributed by atoms with Crippen LogP contribution in [0.2, 0.25) is 0 Å². The summed E-state index contributed by atoms with van der Waals surface area (Å²) >= 11 is 1.93. The molecule has 4 heteroatoms. The van der Waals surface area contributed by atoms with Crippen molar-refractivity contribution < 1.29 is 5.11 Å². The van der Waals surface area contributed by atoms with Gasteiger partial charge >= 0.3 is 0 Å². The Hall–Kier alpha value is -2.04. The molecule has 0 fully saturated rings. The number of nitrogens with zero attached hydrogens (tertiary/aromatic N) is 1. The zero-order chi connectivity index (χ0) is 16.5. The van der Waals surface area contributed by atoms with Gasteiger partial charge in [-0.1, -0.05) is 12.1 Å². The maximum absolute atomic E-state index is 9.16. The van der Waals surface area contributed by atoms with E-state index in [9.17, 15) is 0 Å². The van der Waals surface area contributed by atoms with Crippen molar-refractivity contribution in [2.75, 3.05) is 17.7 Å². The Labute approximate surface area is 146 Å². The van der Waals surface area contributed by atoms with Gasteiger partial charge in [0.1, 0.15) is 0 Å². The molecule has 0 bridgehead atoms. The number of hydrogen-bond donors (Lipinski definition) is 2. The smallest absolute Gasteiger partial charge is 0.0726 e. The molecule has 0 radical (unpaired) electrons. The predicted octanol–water partition coefficient (Wildman–Crippen LogP) is 4.47. The van der Waals surface area contributed by atoms with Crippen LogP contribution in [0, 0.1) is 6.92 Å². The summed E-state index contributed by atoms with van der Waals surface area (Å²) < 4.78 is 0. The monoisotopic (exact) mass is 336 g/mol. The summed E-state index contributed by atoms with van der Waals surface area (Å²) in [5.74, 6) is 1.15. The summed E-state index contributed by atoms with van der Waals surface area (Å²) in [5.41, 5.74) is 6.97. The van der Waals surface area contributed by atoms with Crippen molar-refractivity contribution >= 4 is 34.0 Å². The summed E-state index contributed by atoms with van der Waals surface area (Å²) in [6.07, 6.45) is 3.72. The average molecular weight is 336 g/mol. The zero-order valence-corrected chi connectivity index (χ0v) is 14.5. The van der Waals surface area contributed by atoms with Gasteiger partial charge in [0, 0.05) is 34.5 Å². The second-order valence-electron chi connectivity index (χ2n) is 6.15. The highest BCUT2D eigenvalue weighted by Gasteiger charge is 2.18. The first kappa shape index (κ1) is 15.5. The largest absolute Gasteiger partial charge is 0.396 e. The van der Waals surface area contributed by atoms with Crippen LogP contribution in [-0.2, 0) is 12.8 Å². The molecule has 0 spiro atoms. The molecule has 1 aromatic heterocycles. The Morgan fingerprint density at radius 2 is 2.17 bits per heavy atom. The SMILES string of the molecule is Cc1cnc2ccc3c(c2c1Nc1cccc(CCO)c1)CCS3. The van der Waals surface area contributed by atoms with E-state index in [1.54, 1.807) is 0 Å². The predicted molar refractivity (Wildman–Crippen MR) is 101 cm³/mol. The fraction of sp³-hybridized carbons (Fsp3) is 0.250. The van der Waals surface area contributed by atoms with Crippen LogP contribution in [0.4, 0.5) is 11.4 Å². The first-order chi connectivity index (χ1) is 11.8. The number of hydrogen-bond acceptors (Lipinski definition) is 4. The average Bonchev–Trinajstić information content (AvgIpc) is 3.06. The van der Waals surface area contributed by atoms with Crippen LogP contribution in [0.3, 0.4) is 0 Å². The minimum Gasteiger partial charge on any atom is -0.396 e. The lowest BCUT2D eigenvalue weighted by atomic mass is 10.0. The Morgan fingerprint density at radius 3 is 3.04 bits per heavy atom. The van der Waals surface area contributed by atoms with Crippen molar-refractivity contribution in [3.8, 4) is 0 Å². The van der Waals surface area contributed by atoms with Gasteiger partial charge in [-0.3, -0.25) is 4.98 Å². The normalized spacial score (nSPS) is 13.2. The van der Waals surface area contributed by atoms with Crippen LogP contribution in [0.15, 0.2) is 47.5 Å². The molecule has 0 aliphatic carbocycles. The van der Waals surface area contributed by atoms with E-state index in [4.69, 9.17) is 5.11 Å². The minimum atomic E-state index is 0.172. The Morgan fingerprint density at radius 1 is 1.25 bits per heavy atom. The minimum absolute atomic E-state index is 0.172. The van der Waals surface area contributed by atoms with E-state index in [2.05, 4.69) is 41.5 Å². The molecule has 0 atom stereocenters. The van der Waals surface area contributed by atoms with Crippen molar-refractivity contribution in [1.29, 1.82) is 0 Å². The van der Waals surface area contributed by atoms with Crippen LogP contribution in [0.5, 0.6) is 0 Å². The van der Waals surface area contributed by atoms with Crippen molar-refractivity contribution in [3.63, 3.8) is 0 Å². The van der Waals surface area contributed by atoms with E-state index in [1.165, 1.54) is 15.8 Å². The molecule has 2 heterocycles. The molecule has 0 saturated carbocycles. The van der Waals surface area contributed by atoms with Crippen molar-refractivity contribution in [3.05, 3.63) is 59.3 Å². The summed E-state index contributed by atoms with van der Waals surface area (Å²) in [7, 11) is 0. The standard InChI is InChI=1S/C20H20N2OS/c1-13-12-21-17-5-6-18-16(8-10-24-18)19(17)20(13)22-15-4-2-3-14(11-15)7-9-23/h2-6,11-12,23H,7-10H2,1H3,(H,21,22). The number of thioether (sulfide) groups is 1. The summed E-state index contributed by atoms with van der Waals surface area (Å²) in [4.78, 5) is 6.01. The number of anilines is 2. The van der Waals surface area contributed by atoms with Crippen LogP contribution in [0.25, 0.3) is 10.9 Å². The summed E-state index contributed by atoms with van der Waals surface area (Å²) in [6.45, 7) is 2.28. The van der Waals surface area contributed by atoms with Gasteiger partial charge in [0.2, 0.25) is 0 Å². The van der Waals surface area contributed by atoms with Crippen LogP contribution < -0.4 is 5.32 Å². The second kappa shape index (κ2) is 6.46. The zero-order valence-electron chi connectivity index (χ0n) is 13.7. The fourth-order valence-corrected chi connectivity index (χ4v) is 4.39. The lowest BCUT2D eigenvalue weighted by molar-refractivity contribution is 0.299. The molecule has 4 rings (SSSR count). The number of aromatic nitrogens is 1. The third kappa shape index (κ3) is 2.76. The molecule has 2 N–H and O–H groups in total. The molecule has 3 aromatic rings. The number of benzene rings is 2. The Kier molecular flexibility index (Phi) is 4.17. The molecule has 0 saturated heterocycles. The highest BCUT2D eigenvalue weighted by Crippen LogP contribution is 2.40. The number of aliphatic hydroxyl groups excluding tert-OH is 1. The number of aliphatic hydroxyl groups is 1. The van der Waals surface area contributed by atoms with Gasteiger partial charge in [0.05, 0.1) is 11.2 Å². The summed E-state index contributed by atoms with van der Waals surface area (Å²) in [5, 5.41) is 14.0. The van der Waals surface area contributed by atoms with E-state index in [0.29, 0.717) is 6.42 Å². The lowest BCUT2D eigenvalue weighted by Gasteiger charge is -2.16. The van der Waals surface area contributed by atoms with Crippen molar-refractivity contribution in [2.24, 2.45) is 0 Å². The molecule has 1 aliphatic rings. The highest BCUT2D eigenvalue weighted by molar-refractivity contribution is 7.99. The first-order valence-corrected chi connectivity index (χ1v) is 9.25. The van der Waals surface area contributed by atoms with E-state index >= 15 is 0 Å². The van der Waals surface area contributed by atoms with Gasteiger partial charge in [-0.25, -0.2) is 0 Å². The van der Waals surface area contributed by atoms with Crippen molar-refractivity contribution in [2.45, 2.75) is 24.7 Å². The van der Waals surface area contributed by atoms with Gasteiger partial charge in [-0.05, 0) is 60.7 Å². The van der Waals surface area contributed by atoms with Gasteiger partial charge in [0.15, 0.2) is 0 Å². The second-order valence-corrected chi connectivity index (χ2v) is 7.29. The van der Waals surface area contributed by atoms with Crippen LogP contribution >= 0.6 is 11.8 Å². The van der Waals surface area contributed by atoms with E-state index < -0.39 is 0 Å². The van der Waals surface area contributed by atoms with Gasteiger partial charge in [-0.15, -0.1) is 11.8 Å². The number of aryl methyl sites for hydroxylation is 2. The third-order valence-electron chi connectivity index (χ3n) is 4.50. The molecule has 122 valence electrons. The van der Waals surface area contributed by atoms with Gasteiger partial charge < -0.3 is 10.4 Å². The van der Waals surface area contributed by atoms with Crippen LogP contribution in [-0.4, -0.2) is 22.5 Å². The first-order valence-electron chi connectivity index (χ1n) is 8.27. The quantitative estimate of drug-likeness (QED) is 0.738. The molecule has 3 nitrogen and oxygen atoms in total. The Bertz CT molecular complexity index is 908. The molecule has 0 amide bonds. The number of pyridine rings is 1. The lowest BCUT2D eigenvalue weighted by Crippen LogP contribution is -2.00. The molecular weight excluding hydrogens is 316 g/mol. The third-order valence-corrected chi connectivity index (χ3v) is 5.60. The maximum atomic E-state index is 9.16. The van der Waals surface area contributed by atoms with Gasteiger partial charge in [-0.2, -0.15) is 0 Å². The van der Waals surface area contributed by atoms with E-state index in [1.807, 2.05) is 30.1 Å². The number of fused-ring (bicyclic) bond motifs is 3. The van der Waals surface area contributed by atoms with E-state index in [0.717, 1.165) is 40.2 Å². The fourth-order valence-electron chi connectivity index (χ4n) is 3.32. The topological polar surface area (TPSA) is 45.2 Å². The molecule has 2 aromatic carbocycles. The summed E-state index contributed by atoms with van der Waals surface area (Å²) in [6, 6.07) is 12.6. The highest BCUT2D eigenvalue weighted by atomic mass is 32.2. The van der Waals surface area contributed by atoms with E-state index in [-0.39, 0.29) is 6.61 Å². The van der Waals surface area contributed by atoms with Gasteiger partial charge in [0.25, 0.3) is 0 Å².